The third-order valence-corrected chi connectivity index (χ3v) is 4.99. The van der Waals surface area contributed by atoms with Crippen molar-refractivity contribution in [2.75, 3.05) is 6.61 Å². The van der Waals surface area contributed by atoms with Gasteiger partial charge in [-0.2, -0.15) is 5.10 Å². The van der Waals surface area contributed by atoms with Gasteiger partial charge in [-0.3, -0.25) is 4.79 Å². The van der Waals surface area contributed by atoms with Gasteiger partial charge >= 0.3 is 5.97 Å². The molecule has 0 spiro atoms. The number of aliphatic carboxylic acids is 1. The van der Waals surface area contributed by atoms with Crippen LogP contribution in [-0.4, -0.2) is 29.8 Å². The highest BCUT2D eigenvalue weighted by atomic mass is 79.9. The predicted octanol–water partition coefficient (Wildman–Crippen LogP) is 5.23. The van der Waals surface area contributed by atoms with Crippen molar-refractivity contribution in [2.24, 2.45) is 5.10 Å². The molecule has 0 aliphatic carbocycles. The number of carbonyl (C=O) groups excluding carboxylic acids is 1. The summed E-state index contributed by atoms with van der Waals surface area (Å²) < 4.78 is 12.0. The molecule has 3 aromatic rings. The van der Waals surface area contributed by atoms with Gasteiger partial charge in [0.1, 0.15) is 17.2 Å². The first-order valence-electron chi connectivity index (χ1n) is 8.92. The van der Waals surface area contributed by atoms with Gasteiger partial charge in [0, 0.05) is 5.56 Å². The number of benzene rings is 3. The van der Waals surface area contributed by atoms with Crippen LogP contribution < -0.4 is 14.9 Å². The molecular weight excluding hydrogens is 532 g/mol. The Morgan fingerprint density at radius 2 is 1.65 bits per heavy atom. The summed E-state index contributed by atoms with van der Waals surface area (Å²) in [5.74, 6) is 0.0937. The summed E-state index contributed by atoms with van der Waals surface area (Å²) in [6, 6.07) is 19.4. The smallest absolute Gasteiger partial charge is 0.341 e. The number of hydrazone groups is 1. The molecule has 0 aromatic heterocycles. The summed E-state index contributed by atoms with van der Waals surface area (Å²) in [6.45, 7) is -0.465. The number of halogens is 2. The third-order valence-electron chi connectivity index (χ3n) is 3.82. The standard InChI is InChI=1S/C22H16Br2N2O5/c23-18-9-14(10-19(24)21(18)30-13-20(27)28)12-25-26-22(29)15-5-4-8-17(11-15)31-16-6-2-1-3-7-16/h1-12H,13H2,(H,26,29)(H,27,28)/b25-12+. The number of carboxylic acids is 1. The summed E-state index contributed by atoms with van der Waals surface area (Å²) in [5.41, 5.74) is 3.52. The molecule has 0 atom stereocenters. The summed E-state index contributed by atoms with van der Waals surface area (Å²) >= 11 is 6.66. The van der Waals surface area contributed by atoms with Crippen LogP contribution in [0.1, 0.15) is 15.9 Å². The van der Waals surface area contributed by atoms with Crippen LogP contribution in [0.3, 0.4) is 0 Å². The highest BCUT2D eigenvalue weighted by Gasteiger charge is 2.11. The maximum Gasteiger partial charge on any atom is 0.341 e. The molecule has 7 nitrogen and oxygen atoms in total. The normalized spacial score (nSPS) is 10.6. The largest absolute Gasteiger partial charge is 0.480 e. The first-order valence-corrected chi connectivity index (χ1v) is 10.5. The number of amides is 1. The number of nitrogens with zero attached hydrogens (tertiary/aromatic N) is 1. The predicted molar refractivity (Wildman–Crippen MR) is 123 cm³/mol. The van der Waals surface area contributed by atoms with Gasteiger partial charge in [0.15, 0.2) is 6.61 Å². The number of para-hydroxylation sites is 1. The number of carboxylic acid groups (broad SMARTS) is 1. The molecule has 0 bridgehead atoms. The van der Waals surface area contributed by atoms with Gasteiger partial charge in [0.2, 0.25) is 0 Å². The molecule has 0 aliphatic heterocycles. The molecule has 9 heteroatoms. The van der Waals surface area contributed by atoms with Gasteiger partial charge in [0.25, 0.3) is 5.91 Å². The van der Waals surface area contributed by atoms with Crippen LogP contribution in [-0.2, 0) is 4.79 Å². The van der Waals surface area contributed by atoms with Gasteiger partial charge in [-0.05, 0) is 79.9 Å². The van der Waals surface area contributed by atoms with Crippen molar-refractivity contribution in [1.82, 2.24) is 5.43 Å². The summed E-state index contributed by atoms with van der Waals surface area (Å²) in [6.07, 6.45) is 1.46. The van der Waals surface area contributed by atoms with Crippen LogP contribution in [0.25, 0.3) is 0 Å². The van der Waals surface area contributed by atoms with Crippen molar-refractivity contribution < 1.29 is 24.2 Å². The first-order chi connectivity index (χ1) is 14.9. The van der Waals surface area contributed by atoms with E-state index in [0.717, 1.165) is 0 Å². The Morgan fingerprint density at radius 3 is 2.32 bits per heavy atom. The Hall–Kier alpha value is -3.17. The van der Waals surface area contributed by atoms with Crippen LogP contribution in [0.5, 0.6) is 17.2 Å². The molecule has 31 heavy (non-hydrogen) atoms. The van der Waals surface area contributed by atoms with Crippen LogP contribution in [0, 0.1) is 0 Å². The number of carbonyl (C=O) groups is 2. The van der Waals surface area contributed by atoms with E-state index in [1.165, 1.54) is 6.21 Å². The second-order valence-electron chi connectivity index (χ2n) is 6.14. The maximum atomic E-state index is 12.4. The molecule has 3 rings (SSSR count). The minimum atomic E-state index is -1.08. The lowest BCUT2D eigenvalue weighted by molar-refractivity contribution is -0.139. The molecule has 0 radical (unpaired) electrons. The van der Waals surface area contributed by atoms with Gasteiger partial charge in [-0.15, -0.1) is 0 Å². The zero-order valence-corrected chi connectivity index (χ0v) is 19.1. The molecule has 2 N–H and O–H groups in total. The molecule has 0 unspecified atom stereocenters. The lowest BCUT2D eigenvalue weighted by Gasteiger charge is -2.09. The lowest BCUT2D eigenvalue weighted by Crippen LogP contribution is -2.17. The number of rotatable bonds is 8. The fraction of sp³-hybridized carbons (Fsp3) is 0.0455. The zero-order chi connectivity index (χ0) is 22.2. The SMILES string of the molecule is O=C(O)COc1c(Br)cc(/C=N/NC(=O)c2cccc(Oc3ccccc3)c2)cc1Br. The van der Waals surface area contributed by atoms with Gasteiger partial charge in [0.05, 0.1) is 15.2 Å². The van der Waals surface area contributed by atoms with E-state index in [1.54, 1.807) is 36.4 Å². The second kappa shape index (κ2) is 10.7. The average Bonchev–Trinajstić information content (AvgIpc) is 2.74. The van der Waals surface area contributed by atoms with Crippen molar-refractivity contribution in [3.05, 3.63) is 86.8 Å². The van der Waals surface area contributed by atoms with E-state index in [4.69, 9.17) is 14.6 Å². The van der Waals surface area contributed by atoms with Crippen molar-refractivity contribution in [3.8, 4) is 17.2 Å². The number of nitrogens with one attached hydrogen (secondary N) is 1. The molecule has 3 aromatic carbocycles. The molecule has 0 fully saturated rings. The summed E-state index contributed by atoms with van der Waals surface area (Å²) in [5, 5.41) is 12.7. The number of ether oxygens (including phenoxy) is 2. The van der Waals surface area contributed by atoms with Crippen LogP contribution in [0.4, 0.5) is 0 Å². The van der Waals surface area contributed by atoms with Crippen molar-refractivity contribution >= 4 is 50.0 Å². The molecule has 158 valence electrons. The minimum Gasteiger partial charge on any atom is -0.480 e. The quantitative estimate of drug-likeness (QED) is 0.297. The average molecular weight is 548 g/mol. The topological polar surface area (TPSA) is 97.2 Å². The van der Waals surface area contributed by atoms with Gasteiger partial charge in [-0.1, -0.05) is 24.3 Å². The Morgan fingerprint density at radius 1 is 0.968 bits per heavy atom. The fourth-order valence-corrected chi connectivity index (χ4v) is 3.93. The van der Waals surface area contributed by atoms with E-state index < -0.39 is 18.5 Å². The van der Waals surface area contributed by atoms with Crippen LogP contribution in [0.2, 0.25) is 0 Å². The van der Waals surface area contributed by atoms with E-state index in [1.807, 2.05) is 30.3 Å². The molecule has 0 saturated heterocycles. The van der Waals surface area contributed by atoms with E-state index in [9.17, 15) is 9.59 Å². The fourth-order valence-electron chi connectivity index (χ4n) is 2.48. The monoisotopic (exact) mass is 546 g/mol. The Bertz CT molecular complexity index is 1100. The van der Waals surface area contributed by atoms with Crippen molar-refractivity contribution in [1.29, 1.82) is 0 Å². The van der Waals surface area contributed by atoms with Crippen molar-refractivity contribution in [3.63, 3.8) is 0 Å². The van der Waals surface area contributed by atoms with E-state index in [0.29, 0.717) is 37.3 Å². The minimum absolute atomic E-state index is 0.360. The summed E-state index contributed by atoms with van der Waals surface area (Å²) in [4.78, 5) is 23.1. The van der Waals surface area contributed by atoms with Crippen molar-refractivity contribution in [2.45, 2.75) is 0 Å². The Labute approximate surface area is 195 Å². The van der Waals surface area contributed by atoms with E-state index >= 15 is 0 Å². The molecule has 0 aliphatic rings. The highest BCUT2D eigenvalue weighted by molar-refractivity contribution is 9.11. The Balaban J connectivity index is 1.64. The third kappa shape index (κ3) is 6.66. The van der Waals surface area contributed by atoms with Gasteiger partial charge < -0.3 is 14.6 Å². The maximum absolute atomic E-state index is 12.4. The molecule has 0 heterocycles. The molecular formula is C22H16Br2N2O5. The second-order valence-corrected chi connectivity index (χ2v) is 7.85. The number of hydrogen-bond acceptors (Lipinski definition) is 5. The zero-order valence-electron chi connectivity index (χ0n) is 15.9. The van der Waals surface area contributed by atoms with E-state index in [-0.39, 0.29) is 0 Å². The van der Waals surface area contributed by atoms with Crippen LogP contribution in [0.15, 0.2) is 80.8 Å². The van der Waals surface area contributed by atoms with E-state index in [2.05, 4.69) is 42.4 Å². The molecule has 1 amide bonds. The molecule has 0 saturated carbocycles. The highest BCUT2D eigenvalue weighted by Crippen LogP contribution is 2.34. The first kappa shape index (κ1) is 22.5. The Kier molecular flexibility index (Phi) is 7.80. The lowest BCUT2D eigenvalue weighted by atomic mass is 10.2. The van der Waals surface area contributed by atoms with Crippen LogP contribution >= 0.6 is 31.9 Å². The number of hydrogen-bond donors (Lipinski definition) is 2. The van der Waals surface area contributed by atoms with Gasteiger partial charge in [-0.25, -0.2) is 10.2 Å². The summed E-state index contributed by atoms with van der Waals surface area (Å²) in [7, 11) is 0.